The van der Waals surface area contributed by atoms with Crippen molar-refractivity contribution in [1.82, 2.24) is 5.32 Å². The van der Waals surface area contributed by atoms with Crippen LogP contribution in [0.5, 0.6) is 0 Å². The van der Waals surface area contributed by atoms with E-state index >= 15 is 0 Å². The lowest BCUT2D eigenvalue weighted by Gasteiger charge is -2.17. The van der Waals surface area contributed by atoms with Crippen LogP contribution in [-0.4, -0.2) is 36.3 Å². The Hall–Kier alpha value is -2.02. The van der Waals surface area contributed by atoms with E-state index < -0.39 is 0 Å². The van der Waals surface area contributed by atoms with Crippen LogP contribution in [0.15, 0.2) is 53.4 Å². The summed E-state index contributed by atoms with van der Waals surface area (Å²) in [6.07, 6.45) is 2.71. The van der Waals surface area contributed by atoms with Crippen molar-refractivity contribution in [3.8, 4) is 0 Å². The maximum Gasteiger partial charge on any atom is 0.253 e. The van der Waals surface area contributed by atoms with Gasteiger partial charge in [0, 0.05) is 23.1 Å². The quantitative estimate of drug-likeness (QED) is 0.590. The van der Waals surface area contributed by atoms with Crippen molar-refractivity contribution in [3.63, 3.8) is 0 Å². The fourth-order valence-corrected chi connectivity index (χ4v) is 4.19. The van der Waals surface area contributed by atoms with E-state index in [1.165, 1.54) is 11.8 Å². The van der Waals surface area contributed by atoms with E-state index in [4.69, 9.17) is 16.3 Å². The molecule has 7 heteroatoms. The van der Waals surface area contributed by atoms with Gasteiger partial charge in [-0.2, -0.15) is 0 Å². The molecule has 0 unspecified atom stereocenters. The number of carbonyl (C=O) groups excluding carboxylic acids is 2. The molecule has 2 atom stereocenters. The monoisotopic (exact) mass is 432 g/mol. The highest BCUT2D eigenvalue weighted by Crippen LogP contribution is 2.28. The van der Waals surface area contributed by atoms with Gasteiger partial charge in [0.2, 0.25) is 5.91 Å². The highest BCUT2D eigenvalue weighted by atomic mass is 35.5. The number of hydrogen-bond donors (Lipinski definition) is 2. The minimum Gasteiger partial charge on any atom is -0.376 e. The number of ether oxygens (including phenoxy) is 1. The van der Waals surface area contributed by atoms with Crippen molar-refractivity contribution in [2.45, 2.75) is 42.4 Å². The summed E-state index contributed by atoms with van der Waals surface area (Å²) in [4.78, 5) is 26.4. The van der Waals surface area contributed by atoms with Gasteiger partial charge >= 0.3 is 0 Å². The van der Waals surface area contributed by atoms with Gasteiger partial charge in [0.15, 0.2) is 0 Å². The predicted octanol–water partition coefficient (Wildman–Crippen LogP) is 4.76. The van der Waals surface area contributed by atoms with Crippen LogP contribution in [0.1, 0.15) is 36.5 Å². The molecule has 0 radical (unpaired) electrons. The van der Waals surface area contributed by atoms with Gasteiger partial charge in [-0.25, -0.2) is 0 Å². The summed E-state index contributed by atoms with van der Waals surface area (Å²) in [6, 6.07) is 14.5. The molecule has 3 rings (SSSR count). The van der Waals surface area contributed by atoms with Crippen molar-refractivity contribution in [2.75, 3.05) is 18.5 Å². The first-order valence-corrected chi connectivity index (χ1v) is 11.0. The number of thioether (sulfide) groups is 1. The third-order valence-electron chi connectivity index (χ3n) is 4.70. The van der Waals surface area contributed by atoms with E-state index in [9.17, 15) is 9.59 Å². The summed E-state index contributed by atoms with van der Waals surface area (Å²) in [5.74, 6) is -0.346. The van der Waals surface area contributed by atoms with Crippen molar-refractivity contribution in [3.05, 3.63) is 59.1 Å². The molecule has 0 saturated carbocycles. The lowest BCUT2D eigenvalue weighted by atomic mass is 10.1. The Bertz CT molecular complexity index is 838. The second-order valence-electron chi connectivity index (χ2n) is 6.85. The van der Waals surface area contributed by atoms with Gasteiger partial charge in [-0.05, 0) is 55.7 Å². The molecule has 1 saturated heterocycles. The molecule has 1 heterocycles. The molecule has 29 heavy (non-hydrogen) atoms. The number of carbonyl (C=O) groups is 2. The maximum absolute atomic E-state index is 12.8. The van der Waals surface area contributed by atoms with E-state index in [1.54, 1.807) is 24.3 Å². The molecule has 1 aliphatic rings. The molecule has 0 aliphatic carbocycles. The first-order valence-electron chi connectivity index (χ1n) is 9.78. The zero-order chi connectivity index (χ0) is 20.6. The molecule has 2 amide bonds. The summed E-state index contributed by atoms with van der Waals surface area (Å²) in [6.45, 7) is 3.19. The first kappa shape index (κ1) is 21.7. The number of nitrogens with one attached hydrogen (secondary N) is 2. The average Bonchev–Trinajstić information content (AvgIpc) is 3.25. The molecule has 154 valence electrons. The van der Waals surface area contributed by atoms with E-state index in [0.717, 1.165) is 24.3 Å². The molecule has 1 fully saturated rings. The topological polar surface area (TPSA) is 67.4 Å². The highest BCUT2D eigenvalue weighted by molar-refractivity contribution is 8.00. The van der Waals surface area contributed by atoms with Crippen molar-refractivity contribution >= 4 is 40.9 Å². The molecule has 0 aromatic heterocycles. The minimum absolute atomic E-state index is 0.0703. The fourth-order valence-electron chi connectivity index (χ4n) is 3.11. The van der Waals surface area contributed by atoms with Gasteiger partial charge in [0.25, 0.3) is 5.91 Å². The van der Waals surface area contributed by atoms with Gasteiger partial charge in [-0.3, -0.25) is 9.59 Å². The van der Waals surface area contributed by atoms with Gasteiger partial charge < -0.3 is 15.4 Å². The van der Waals surface area contributed by atoms with Crippen LogP contribution in [0.25, 0.3) is 0 Å². The fraction of sp³-hybridized carbons (Fsp3) is 0.364. The van der Waals surface area contributed by atoms with E-state index in [-0.39, 0.29) is 23.2 Å². The Labute approximate surface area is 180 Å². The minimum atomic E-state index is -0.279. The highest BCUT2D eigenvalue weighted by Gasteiger charge is 2.21. The predicted molar refractivity (Wildman–Crippen MR) is 118 cm³/mol. The van der Waals surface area contributed by atoms with Crippen LogP contribution in [0.3, 0.4) is 0 Å². The normalized spacial score (nSPS) is 17.0. The van der Waals surface area contributed by atoms with Crippen molar-refractivity contribution in [2.24, 2.45) is 0 Å². The van der Waals surface area contributed by atoms with Gasteiger partial charge in [0.05, 0.1) is 22.6 Å². The Morgan fingerprint density at radius 3 is 2.66 bits per heavy atom. The number of anilines is 1. The lowest BCUT2D eigenvalue weighted by molar-refractivity contribution is -0.115. The summed E-state index contributed by atoms with van der Waals surface area (Å²) >= 11 is 7.41. The molecule has 5 nitrogen and oxygen atoms in total. The number of amides is 2. The molecule has 2 aromatic rings. The van der Waals surface area contributed by atoms with Crippen LogP contribution in [0.4, 0.5) is 5.69 Å². The third kappa shape index (κ3) is 6.23. The molecule has 0 bridgehead atoms. The summed E-state index contributed by atoms with van der Waals surface area (Å²) in [5, 5.41) is 6.22. The number of para-hydroxylation sites is 1. The number of rotatable bonds is 8. The van der Waals surface area contributed by atoms with Crippen molar-refractivity contribution < 1.29 is 14.3 Å². The molecule has 2 N–H and O–H groups in total. The summed E-state index contributed by atoms with van der Waals surface area (Å²) < 4.78 is 5.55. The van der Waals surface area contributed by atoms with Crippen LogP contribution in [0.2, 0.25) is 5.02 Å². The maximum atomic E-state index is 12.8. The smallest absolute Gasteiger partial charge is 0.253 e. The van der Waals surface area contributed by atoms with Crippen LogP contribution in [0, 0.1) is 0 Å². The van der Waals surface area contributed by atoms with E-state index in [0.29, 0.717) is 29.2 Å². The van der Waals surface area contributed by atoms with Gasteiger partial charge in [0.1, 0.15) is 0 Å². The van der Waals surface area contributed by atoms with Crippen LogP contribution in [-0.2, 0) is 9.53 Å². The number of hydrogen-bond acceptors (Lipinski definition) is 4. The second-order valence-corrected chi connectivity index (χ2v) is 8.56. The Morgan fingerprint density at radius 1 is 1.21 bits per heavy atom. The summed E-state index contributed by atoms with van der Waals surface area (Å²) in [7, 11) is 0. The van der Waals surface area contributed by atoms with Crippen molar-refractivity contribution in [1.29, 1.82) is 0 Å². The lowest BCUT2D eigenvalue weighted by Crippen LogP contribution is -2.33. The first-order chi connectivity index (χ1) is 14.1. The van der Waals surface area contributed by atoms with E-state index in [2.05, 4.69) is 10.6 Å². The molecule has 2 aromatic carbocycles. The Balaban J connectivity index is 1.64. The SMILES string of the molecule is CC[C@@H](Sc1ccc(Cl)cc1)C(=O)Nc1ccccc1C(=O)NC[C@H]1CCCO1. The third-order valence-corrected chi connectivity index (χ3v) is 6.33. The summed E-state index contributed by atoms with van der Waals surface area (Å²) in [5.41, 5.74) is 0.961. The number of benzene rings is 2. The molecular weight excluding hydrogens is 408 g/mol. The van der Waals surface area contributed by atoms with Gasteiger partial charge in [-0.1, -0.05) is 30.7 Å². The zero-order valence-corrected chi connectivity index (χ0v) is 17.9. The molecular formula is C22H25ClN2O3S. The zero-order valence-electron chi connectivity index (χ0n) is 16.3. The van der Waals surface area contributed by atoms with Crippen LogP contribution >= 0.6 is 23.4 Å². The average molecular weight is 433 g/mol. The van der Waals surface area contributed by atoms with Crippen LogP contribution < -0.4 is 10.6 Å². The van der Waals surface area contributed by atoms with E-state index in [1.807, 2.05) is 31.2 Å². The number of halogens is 1. The standard InChI is InChI=1S/C22H25ClN2O3S/c1-2-20(29-17-11-9-15(23)10-12-17)22(27)25-19-8-4-3-7-18(19)21(26)24-14-16-6-5-13-28-16/h3-4,7-12,16,20H,2,5-6,13-14H2,1H3,(H,24,26)(H,25,27)/t16-,20-/m1/s1. The Morgan fingerprint density at radius 2 is 1.97 bits per heavy atom. The van der Waals surface area contributed by atoms with Gasteiger partial charge in [-0.15, -0.1) is 11.8 Å². The Kier molecular flexibility index (Phi) is 7.98. The second kappa shape index (κ2) is 10.7. The molecule has 1 aliphatic heterocycles. The molecule has 0 spiro atoms. The largest absolute Gasteiger partial charge is 0.376 e.